The van der Waals surface area contributed by atoms with Crippen LogP contribution in [0.1, 0.15) is 21.5 Å². The van der Waals surface area contributed by atoms with Gasteiger partial charge < -0.3 is 10.1 Å². The lowest BCUT2D eigenvalue weighted by molar-refractivity contribution is 0.112. The van der Waals surface area contributed by atoms with E-state index >= 15 is 0 Å². The zero-order valence-corrected chi connectivity index (χ0v) is 11.4. The predicted molar refractivity (Wildman–Crippen MR) is 77.6 cm³/mol. The standard InChI is InChI=1S/C16H17NO2/c1-11-7-8-14(9-12(11)2)17-16-13(10-18)5-4-6-15(16)19-3/h4-10,17H,1-3H3. The van der Waals surface area contributed by atoms with Crippen molar-refractivity contribution in [1.29, 1.82) is 0 Å². The van der Waals surface area contributed by atoms with E-state index in [0.717, 1.165) is 12.0 Å². The number of hydrogen-bond donors (Lipinski definition) is 1. The number of benzene rings is 2. The molecule has 0 fully saturated rings. The predicted octanol–water partition coefficient (Wildman–Crippen LogP) is 3.87. The van der Waals surface area contributed by atoms with E-state index in [4.69, 9.17) is 4.74 Å². The summed E-state index contributed by atoms with van der Waals surface area (Å²) in [5, 5.41) is 3.25. The molecule has 2 rings (SSSR count). The molecular formula is C16H17NO2. The van der Waals surface area contributed by atoms with Crippen LogP contribution in [0.4, 0.5) is 11.4 Å². The zero-order valence-electron chi connectivity index (χ0n) is 11.4. The average Bonchev–Trinajstić information content (AvgIpc) is 2.43. The van der Waals surface area contributed by atoms with E-state index in [2.05, 4.69) is 25.2 Å². The van der Waals surface area contributed by atoms with E-state index in [9.17, 15) is 4.79 Å². The second-order valence-corrected chi connectivity index (χ2v) is 4.47. The van der Waals surface area contributed by atoms with Gasteiger partial charge in [-0.1, -0.05) is 12.1 Å². The monoisotopic (exact) mass is 255 g/mol. The van der Waals surface area contributed by atoms with Gasteiger partial charge in [-0.05, 0) is 49.2 Å². The van der Waals surface area contributed by atoms with Gasteiger partial charge in [0.05, 0.1) is 12.8 Å². The molecule has 0 amide bonds. The van der Waals surface area contributed by atoms with Gasteiger partial charge in [0.2, 0.25) is 0 Å². The first-order chi connectivity index (χ1) is 9.15. The Morgan fingerprint density at radius 3 is 2.53 bits per heavy atom. The van der Waals surface area contributed by atoms with Crippen LogP contribution in [0.3, 0.4) is 0 Å². The molecule has 0 aliphatic heterocycles. The van der Waals surface area contributed by atoms with Gasteiger partial charge in [-0.15, -0.1) is 0 Å². The highest BCUT2D eigenvalue weighted by Gasteiger charge is 2.09. The van der Waals surface area contributed by atoms with Crippen molar-refractivity contribution in [1.82, 2.24) is 0 Å². The smallest absolute Gasteiger partial charge is 0.152 e. The minimum Gasteiger partial charge on any atom is -0.495 e. The minimum atomic E-state index is 0.581. The van der Waals surface area contributed by atoms with Gasteiger partial charge in [0.25, 0.3) is 0 Å². The molecule has 0 heterocycles. The molecule has 1 N–H and O–H groups in total. The van der Waals surface area contributed by atoms with Crippen LogP contribution in [0.2, 0.25) is 0 Å². The third-order valence-corrected chi connectivity index (χ3v) is 3.18. The normalized spacial score (nSPS) is 10.1. The molecule has 0 radical (unpaired) electrons. The quantitative estimate of drug-likeness (QED) is 0.843. The van der Waals surface area contributed by atoms with E-state index in [-0.39, 0.29) is 0 Å². The highest BCUT2D eigenvalue weighted by atomic mass is 16.5. The number of carbonyl (C=O) groups excluding carboxylic acids is 1. The third kappa shape index (κ3) is 2.76. The number of rotatable bonds is 4. The number of anilines is 2. The third-order valence-electron chi connectivity index (χ3n) is 3.18. The van der Waals surface area contributed by atoms with Crippen molar-refractivity contribution in [3.63, 3.8) is 0 Å². The highest BCUT2D eigenvalue weighted by molar-refractivity contribution is 5.89. The molecule has 98 valence electrons. The van der Waals surface area contributed by atoms with Crippen LogP contribution in [0.5, 0.6) is 5.75 Å². The van der Waals surface area contributed by atoms with E-state index in [0.29, 0.717) is 17.0 Å². The largest absolute Gasteiger partial charge is 0.495 e. The lowest BCUT2D eigenvalue weighted by atomic mass is 10.1. The maximum atomic E-state index is 11.1. The lowest BCUT2D eigenvalue weighted by Crippen LogP contribution is -1.99. The van der Waals surface area contributed by atoms with Crippen molar-refractivity contribution < 1.29 is 9.53 Å². The number of hydrogen-bond acceptors (Lipinski definition) is 3. The molecule has 3 nitrogen and oxygen atoms in total. The summed E-state index contributed by atoms with van der Waals surface area (Å²) in [6, 6.07) is 11.5. The van der Waals surface area contributed by atoms with E-state index in [1.165, 1.54) is 11.1 Å². The van der Waals surface area contributed by atoms with Crippen molar-refractivity contribution in [2.24, 2.45) is 0 Å². The van der Waals surface area contributed by atoms with Crippen molar-refractivity contribution in [2.75, 3.05) is 12.4 Å². The van der Waals surface area contributed by atoms with Crippen molar-refractivity contribution >= 4 is 17.7 Å². The summed E-state index contributed by atoms with van der Waals surface area (Å²) >= 11 is 0. The molecule has 0 aromatic heterocycles. The fourth-order valence-electron chi connectivity index (χ4n) is 1.91. The molecule has 0 aliphatic rings. The van der Waals surface area contributed by atoms with Gasteiger partial charge in [-0.25, -0.2) is 0 Å². The summed E-state index contributed by atoms with van der Waals surface area (Å²) < 4.78 is 5.29. The molecule has 0 unspecified atom stereocenters. The molecule has 0 bridgehead atoms. The lowest BCUT2D eigenvalue weighted by Gasteiger charge is -2.14. The van der Waals surface area contributed by atoms with Gasteiger partial charge >= 0.3 is 0 Å². The van der Waals surface area contributed by atoms with Crippen LogP contribution < -0.4 is 10.1 Å². The summed E-state index contributed by atoms with van der Waals surface area (Å²) in [6.45, 7) is 4.13. The summed E-state index contributed by atoms with van der Waals surface area (Å²) in [6.07, 6.45) is 0.825. The van der Waals surface area contributed by atoms with E-state index in [1.54, 1.807) is 19.2 Å². The minimum absolute atomic E-state index is 0.581. The number of methoxy groups -OCH3 is 1. The van der Waals surface area contributed by atoms with Gasteiger partial charge in [0.15, 0.2) is 6.29 Å². The average molecular weight is 255 g/mol. The number of aryl methyl sites for hydroxylation is 2. The summed E-state index contributed by atoms with van der Waals surface area (Å²) in [5.74, 6) is 0.655. The van der Waals surface area contributed by atoms with Gasteiger partial charge in [0, 0.05) is 11.3 Å². The number of ether oxygens (including phenoxy) is 1. The zero-order chi connectivity index (χ0) is 13.8. The van der Waals surface area contributed by atoms with Crippen LogP contribution >= 0.6 is 0 Å². The van der Waals surface area contributed by atoms with Crippen LogP contribution in [-0.4, -0.2) is 13.4 Å². The maximum Gasteiger partial charge on any atom is 0.152 e. The molecule has 0 saturated carbocycles. The topological polar surface area (TPSA) is 38.3 Å². The Hall–Kier alpha value is -2.29. The summed E-state index contributed by atoms with van der Waals surface area (Å²) in [5.41, 5.74) is 4.66. The van der Waals surface area contributed by atoms with Gasteiger partial charge in [-0.3, -0.25) is 4.79 Å². The molecule has 3 heteroatoms. The number of carbonyl (C=O) groups is 1. The Balaban J connectivity index is 2.41. The highest BCUT2D eigenvalue weighted by Crippen LogP contribution is 2.30. The van der Waals surface area contributed by atoms with Crippen molar-refractivity contribution in [3.05, 3.63) is 53.1 Å². The number of para-hydroxylation sites is 1. The van der Waals surface area contributed by atoms with Crippen molar-refractivity contribution in [3.8, 4) is 5.75 Å². The fourth-order valence-corrected chi connectivity index (χ4v) is 1.91. The first-order valence-corrected chi connectivity index (χ1v) is 6.12. The Kier molecular flexibility index (Phi) is 3.85. The molecule has 0 spiro atoms. The molecule has 0 saturated heterocycles. The van der Waals surface area contributed by atoms with Gasteiger partial charge in [0.1, 0.15) is 5.75 Å². The number of nitrogens with one attached hydrogen (secondary N) is 1. The van der Waals surface area contributed by atoms with E-state index in [1.807, 2.05) is 18.2 Å². The fraction of sp³-hybridized carbons (Fsp3) is 0.188. The second kappa shape index (κ2) is 5.57. The van der Waals surface area contributed by atoms with Crippen molar-refractivity contribution in [2.45, 2.75) is 13.8 Å². The Bertz CT molecular complexity index is 606. The molecule has 0 atom stereocenters. The molecular weight excluding hydrogens is 238 g/mol. The second-order valence-electron chi connectivity index (χ2n) is 4.47. The van der Waals surface area contributed by atoms with Crippen LogP contribution in [0, 0.1) is 13.8 Å². The Labute approximate surface area is 113 Å². The Morgan fingerprint density at radius 1 is 1.11 bits per heavy atom. The molecule has 2 aromatic rings. The maximum absolute atomic E-state index is 11.1. The molecule has 2 aromatic carbocycles. The van der Waals surface area contributed by atoms with Crippen LogP contribution in [-0.2, 0) is 0 Å². The first kappa shape index (κ1) is 13.1. The number of aldehydes is 1. The van der Waals surface area contributed by atoms with Gasteiger partial charge in [-0.2, -0.15) is 0 Å². The van der Waals surface area contributed by atoms with E-state index < -0.39 is 0 Å². The SMILES string of the molecule is COc1cccc(C=O)c1Nc1ccc(C)c(C)c1. The molecule has 0 aliphatic carbocycles. The summed E-state index contributed by atoms with van der Waals surface area (Å²) in [7, 11) is 1.59. The van der Waals surface area contributed by atoms with Crippen LogP contribution in [0.15, 0.2) is 36.4 Å². The Morgan fingerprint density at radius 2 is 1.89 bits per heavy atom. The first-order valence-electron chi connectivity index (χ1n) is 6.12. The van der Waals surface area contributed by atoms with Crippen LogP contribution in [0.25, 0.3) is 0 Å². The molecule has 19 heavy (non-hydrogen) atoms. The summed E-state index contributed by atoms with van der Waals surface area (Å²) in [4.78, 5) is 11.1.